The van der Waals surface area contributed by atoms with Crippen LogP contribution in [0.25, 0.3) is 0 Å². The number of nitro benzene ring substituents is 1. The van der Waals surface area contributed by atoms with E-state index in [0.717, 1.165) is 4.90 Å². The molecular formula is C17H18N2O3S. The highest BCUT2D eigenvalue weighted by molar-refractivity contribution is 7.99. The van der Waals surface area contributed by atoms with Gasteiger partial charge in [-0.05, 0) is 31.5 Å². The Hall–Kier alpha value is -2.34. The summed E-state index contributed by atoms with van der Waals surface area (Å²) in [5.74, 6) is 0.397. The summed E-state index contributed by atoms with van der Waals surface area (Å²) in [7, 11) is 0. The zero-order valence-electron chi connectivity index (χ0n) is 13.0. The molecule has 0 saturated carbocycles. The first-order valence-electron chi connectivity index (χ1n) is 7.20. The number of benzene rings is 2. The minimum absolute atomic E-state index is 0.0944. The summed E-state index contributed by atoms with van der Waals surface area (Å²) in [6.07, 6.45) is 0.296. The maximum absolute atomic E-state index is 12.0. The van der Waals surface area contributed by atoms with Crippen molar-refractivity contribution in [3.63, 3.8) is 0 Å². The van der Waals surface area contributed by atoms with Crippen LogP contribution in [0.2, 0.25) is 0 Å². The molecule has 0 bridgehead atoms. The van der Waals surface area contributed by atoms with Crippen LogP contribution < -0.4 is 5.32 Å². The Labute approximate surface area is 139 Å². The van der Waals surface area contributed by atoms with Gasteiger partial charge in [0.2, 0.25) is 5.91 Å². The highest BCUT2D eigenvalue weighted by atomic mass is 32.2. The number of nitrogens with one attached hydrogen (secondary N) is 1. The first-order valence-corrected chi connectivity index (χ1v) is 8.19. The van der Waals surface area contributed by atoms with Crippen molar-refractivity contribution in [3.8, 4) is 0 Å². The molecule has 5 nitrogen and oxygen atoms in total. The Bertz CT molecular complexity index is 732. The van der Waals surface area contributed by atoms with Gasteiger partial charge < -0.3 is 5.32 Å². The van der Waals surface area contributed by atoms with Gasteiger partial charge in [-0.25, -0.2) is 0 Å². The van der Waals surface area contributed by atoms with E-state index < -0.39 is 4.92 Å². The highest BCUT2D eigenvalue weighted by Gasteiger charge is 2.14. The van der Waals surface area contributed by atoms with Gasteiger partial charge in [0, 0.05) is 23.1 Å². The average molecular weight is 330 g/mol. The summed E-state index contributed by atoms with van der Waals surface area (Å²) in [4.78, 5) is 23.6. The summed E-state index contributed by atoms with van der Waals surface area (Å²) >= 11 is 1.62. The molecule has 0 aliphatic carbocycles. The molecule has 6 heteroatoms. The maximum atomic E-state index is 12.0. The van der Waals surface area contributed by atoms with Crippen LogP contribution in [0.3, 0.4) is 0 Å². The van der Waals surface area contributed by atoms with Gasteiger partial charge in [0.05, 0.1) is 4.92 Å². The molecule has 2 aromatic rings. The van der Waals surface area contributed by atoms with E-state index in [-0.39, 0.29) is 17.3 Å². The number of amides is 1. The Balaban J connectivity index is 1.91. The fraction of sp³-hybridized carbons (Fsp3) is 0.235. The van der Waals surface area contributed by atoms with Gasteiger partial charge in [-0.2, -0.15) is 0 Å². The standard InChI is InChI=1S/C17H18N2O3S/c1-12-7-8-13(2)16(11-12)23-10-9-17(20)18-14-5-3-4-6-15(14)19(21)22/h3-8,11H,9-10H2,1-2H3,(H,18,20). The number of thioether (sulfide) groups is 1. The number of hydrogen-bond acceptors (Lipinski definition) is 4. The van der Waals surface area contributed by atoms with Crippen molar-refractivity contribution < 1.29 is 9.72 Å². The molecule has 1 amide bonds. The minimum atomic E-state index is -0.500. The van der Waals surface area contributed by atoms with Crippen molar-refractivity contribution in [1.82, 2.24) is 0 Å². The molecule has 0 fully saturated rings. The van der Waals surface area contributed by atoms with E-state index >= 15 is 0 Å². The Kier molecular flexibility index (Phi) is 5.76. The molecule has 0 heterocycles. The molecule has 0 unspecified atom stereocenters. The zero-order valence-corrected chi connectivity index (χ0v) is 13.9. The van der Waals surface area contributed by atoms with Crippen LogP contribution in [0.5, 0.6) is 0 Å². The molecule has 1 N–H and O–H groups in total. The second kappa shape index (κ2) is 7.78. The number of carbonyl (C=O) groups excluding carboxylic acids is 1. The van der Waals surface area contributed by atoms with E-state index in [1.165, 1.54) is 23.3 Å². The number of rotatable bonds is 6. The summed E-state index contributed by atoms with van der Waals surface area (Å²) < 4.78 is 0. The topological polar surface area (TPSA) is 72.2 Å². The number of carbonyl (C=O) groups is 1. The number of anilines is 1. The Morgan fingerprint density at radius 1 is 1.22 bits per heavy atom. The van der Waals surface area contributed by atoms with Crippen molar-refractivity contribution in [2.45, 2.75) is 25.2 Å². The van der Waals surface area contributed by atoms with E-state index in [2.05, 4.69) is 23.5 Å². The summed E-state index contributed by atoms with van der Waals surface area (Å²) in [6.45, 7) is 4.07. The predicted molar refractivity (Wildman–Crippen MR) is 93.0 cm³/mol. The van der Waals surface area contributed by atoms with Crippen molar-refractivity contribution >= 4 is 29.0 Å². The number of aryl methyl sites for hydroxylation is 2. The van der Waals surface area contributed by atoms with Crippen molar-refractivity contribution in [3.05, 3.63) is 63.7 Å². The summed E-state index contributed by atoms with van der Waals surface area (Å²) in [6, 6.07) is 12.4. The van der Waals surface area contributed by atoms with Crippen LogP contribution in [0.1, 0.15) is 17.5 Å². The van der Waals surface area contributed by atoms with Gasteiger partial charge >= 0.3 is 0 Å². The van der Waals surface area contributed by atoms with Crippen LogP contribution in [-0.4, -0.2) is 16.6 Å². The molecule has 23 heavy (non-hydrogen) atoms. The minimum Gasteiger partial charge on any atom is -0.320 e. The first kappa shape index (κ1) is 17.0. The van der Waals surface area contributed by atoms with Crippen LogP contribution in [0.15, 0.2) is 47.4 Å². The second-order valence-corrected chi connectivity index (χ2v) is 6.33. The van der Waals surface area contributed by atoms with Crippen molar-refractivity contribution in [1.29, 1.82) is 0 Å². The second-order valence-electron chi connectivity index (χ2n) is 5.19. The molecule has 0 aliphatic heterocycles. The Morgan fingerprint density at radius 2 is 1.96 bits per heavy atom. The fourth-order valence-corrected chi connectivity index (χ4v) is 3.14. The summed E-state index contributed by atoms with van der Waals surface area (Å²) in [5.41, 5.74) is 2.50. The van der Waals surface area contributed by atoms with E-state index in [4.69, 9.17) is 0 Å². The lowest BCUT2D eigenvalue weighted by Crippen LogP contribution is -2.13. The lowest BCUT2D eigenvalue weighted by Gasteiger charge is -2.08. The molecule has 0 aromatic heterocycles. The first-order chi connectivity index (χ1) is 11.0. The monoisotopic (exact) mass is 330 g/mol. The van der Waals surface area contributed by atoms with Crippen LogP contribution in [-0.2, 0) is 4.79 Å². The van der Waals surface area contributed by atoms with Crippen molar-refractivity contribution in [2.75, 3.05) is 11.1 Å². The molecule has 2 rings (SSSR count). The number of nitrogens with zero attached hydrogens (tertiary/aromatic N) is 1. The molecule has 0 saturated heterocycles. The quantitative estimate of drug-likeness (QED) is 0.486. The van der Waals surface area contributed by atoms with Crippen LogP contribution >= 0.6 is 11.8 Å². The van der Waals surface area contributed by atoms with Crippen LogP contribution in [0.4, 0.5) is 11.4 Å². The average Bonchev–Trinajstić information content (AvgIpc) is 2.51. The van der Waals surface area contributed by atoms with Gasteiger partial charge in [-0.3, -0.25) is 14.9 Å². The zero-order chi connectivity index (χ0) is 16.8. The third-order valence-electron chi connectivity index (χ3n) is 3.31. The fourth-order valence-electron chi connectivity index (χ4n) is 2.07. The van der Waals surface area contributed by atoms with E-state index in [0.29, 0.717) is 12.2 Å². The largest absolute Gasteiger partial charge is 0.320 e. The van der Waals surface area contributed by atoms with Crippen LogP contribution in [0, 0.1) is 24.0 Å². The van der Waals surface area contributed by atoms with Gasteiger partial charge in [0.15, 0.2) is 0 Å². The normalized spacial score (nSPS) is 10.3. The SMILES string of the molecule is Cc1ccc(C)c(SCCC(=O)Nc2ccccc2[N+](=O)[O-])c1. The van der Waals surface area contributed by atoms with Gasteiger partial charge in [0.1, 0.15) is 5.69 Å². The van der Waals surface area contributed by atoms with E-state index in [1.54, 1.807) is 23.9 Å². The van der Waals surface area contributed by atoms with Crippen molar-refractivity contribution in [2.24, 2.45) is 0 Å². The van der Waals surface area contributed by atoms with Gasteiger partial charge in [-0.15, -0.1) is 11.8 Å². The predicted octanol–water partition coefficient (Wildman–Crippen LogP) is 4.33. The lowest BCUT2D eigenvalue weighted by atomic mass is 10.2. The molecule has 0 spiro atoms. The van der Waals surface area contributed by atoms with E-state index in [1.807, 2.05) is 13.8 Å². The molecule has 0 atom stereocenters. The number of hydrogen-bond donors (Lipinski definition) is 1. The van der Waals surface area contributed by atoms with Gasteiger partial charge in [-0.1, -0.05) is 29.8 Å². The lowest BCUT2D eigenvalue weighted by molar-refractivity contribution is -0.383. The van der Waals surface area contributed by atoms with E-state index in [9.17, 15) is 14.9 Å². The molecule has 0 aliphatic rings. The van der Waals surface area contributed by atoms with Gasteiger partial charge in [0.25, 0.3) is 5.69 Å². The number of nitro groups is 1. The molecule has 0 radical (unpaired) electrons. The third kappa shape index (κ3) is 4.82. The summed E-state index contributed by atoms with van der Waals surface area (Å²) in [5, 5.41) is 13.5. The molecule has 120 valence electrons. The smallest absolute Gasteiger partial charge is 0.292 e. The molecule has 2 aromatic carbocycles. The molecular weight excluding hydrogens is 312 g/mol. The number of para-hydroxylation sites is 2. The maximum Gasteiger partial charge on any atom is 0.292 e. The third-order valence-corrected chi connectivity index (χ3v) is 4.46. The highest BCUT2D eigenvalue weighted by Crippen LogP contribution is 2.25. The Morgan fingerprint density at radius 3 is 2.70 bits per heavy atom.